The minimum Gasteiger partial charge on any atom is -0.492 e. The van der Waals surface area contributed by atoms with Gasteiger partial charge in [0.25, 0.3) is 5.92 Å². The Bertz CT molecular complexity index is 1040. The van der Waals surface area contributed by atoms with Gasteiger partial charge in [-0.2, -0.15) is 0 Å². The summed E-state index contributed by atoms with van der Waals surface area (Å²) in [5.74, 6) is -6.08. The highest BCUT2D eigenvalue weighted by Gasteiger charge is 2.26. The zero-order valence-electron chi connectivity index (χ0n) is 21.1. The number of rotatable bonds is 16. The van der Waals surface area contributed by atoms with Gasteiger partial charge in [0.05, 0.1) is 13.2 Å². The van der Waals surface area contributed by atoms with Gasteiger partial charge in [-0.05, 0) is 36.8 Å². The summed E-state index contributed by atoms with van der Waals surface area (Å²) in [5.41, 5.74) is 0.714. The van der Waals surface area contributed by atoms with E-state index in [2.05, 4.69) is 0 Å². The lowest BCUT2D eigenvalue weighted by atomic mass is 10.1. The molecule has 0 aliphatic heterocycles. The monoisotopic (exact) mass is 545 g/mol. The number of benzene rings is 2. The van der Waals surface area contributed by atoms with Crippen molar-refractivity contribution < 1.29 is 51.2 Å². The first-order valence-corrected chi connectivity index (χ1v) is 12.0. The quantitative estimate of drug-likeness (QED) is 0.236. The fourth-order valence-electron chi connectivity index (χ4n) is 3.14. The maximum atomic E-state index is 13.9. The Morgan fingerprint density at radius 2 is 1.71 bits per heavy atom. The van der Waals surface area contributed by atoms with E-state index in [0.29, 0.717) is 17.4 Å². The van der Waals surface area contributed by atoms with Crippen molar-refractivity contribution in [1.82, 2.24) is 4.90 Å². The molecule has 210 valence electrons. The number of hydrogen-bond acceptors (Lipinski definition) is 6. The number of nitrogens with zero attached hydrogens (tertiary/aromatic N) is 1. The van der Waals surface area contributed by atoms with Gasteiger partial charge in [-0.15, -0.1) is 0 Å². The molecule has 0 bridgehead atoms. The molecule has 2 aromatic carbocycles. The van der Waals surface area contributed by atoms with Crippen molar-refractivity contribution in [3.8, 4) is 11.5 Å². The SMILES string of the molecule is CCOC(Cc1ccc(OCCN(CCOCC(F)(F)CC)C(=O)Oc2ccc(F)cc2F)cc1)C(=O)O. The van der Waals surface area contributed by atoms with E-state index in [9.17, 15) is 32.3 Å². The van der Waals surface area contributed by atoms with Gasteiger partial charge in [-0.25, -0.2) is 27.2 Å². The number of amides is 1. The Morgan fingerprint density at radius 1 is 1.03 bits per heavy atom. The van der Waals surface area contributed by atoms with Crippen molar-refractivity contribution in [3.63, 3.8) is 0 Å². The second kappa shape index (κ2) is 15.1. The van der Waals surface area contributed by atoms with Crippen LogP contribution < -0.4 is 9.47 Å². The molecule has 8 nitrogen and oxygen atoms in total. The average molecular weight is 546 g/mol. The van der Waals surface area contributed by atoms with Gasteiger partial charge in [0, 0.05) is 32.1 Å². The van der Waals surface area contributed by atoms with Gasteiger partial charge in [0.2, 0.25) is 0 Å². The molecule has 1 N–H and O–H groups in total. The van der Waals surface area contributed by atoms with E-state index in [4.69, 9.17) is 18.9 Å². The molecular formula is C26H31F4NO7. The Hall–Kier alpha value is -3.38. The van der Waals surface area contributed by atoms with Gasteiger partial charge in [-0.3, -0.25) is 0 Å². The van der Waals surface area contributed by atoms with Crippen LogP contribution in [0.2, 0.25) is 0 Å². The lowest BCUT2D eigenvalue weighted by Gasteiger charge is -2.23. The Balaban J connectivity index is 1.96. The molecule has 0 aromatic heterocycles. The highest BCUT2D eigenvalue weighted by atomic mass is 19.3. The van der Waals surface area contributed by atoms with Crippen LogP contribution in [0, 0.1) is 11.6 Å². The highest BCUT2D eigenvalue weighted by molar-refractivity contribution is 5.72. The normalized spacial score (nSPS) is 12.2. The van der Waals surface area contributed by atoms with E-state index in [1.165, 1.54) is 6.92 Å². The van der Waals surface area contributed by atoms with Crippen molar-refractivity contribution in [2.45, 2.75) is 38.7 Å². The molecule has 1 amide bonds. The zero-order valence-corrected chi connectivity index (χ0v) is 21.1. The summed E-state index contributed by atoms with van der Waals surface area (Å²) in [7, 11) is 0. The molecule has 0 aliphatic rings. The van der Waals surface area contributed by atoms with Crippen LogP contribution in [-0.2, 0) is 20.7 Å². The van der Waals surface area contributed by atoms with Gasteiger partial charge >= 0.3 is 12.1 Å². The van der Waals surface area contributed by atoms with Crippen molar-refractivity contribution >= 4 is 12.1 Å². The number of alkyl halides is 2. The largest absolute Gasteiger partial charge is 0.492 e. The number of ether oxygens (including phenoxy) is 4. The van der Waals surface area contributed by atoms with Crippen LogP contribution in [0.25, 0.3) is 0 Å². The molecule has 0 aliphatic carbocycles. The number of carboxylic acid groups (broad SMARTS) is 1. The summed E-state index contributed by atoms with van der Waals surface area (Å²) in [6, 6.07) is 9.02. The molecule has 0 heterocycles. The number of carbonyl (C=O) groups is 2. The Kier molecular flexibility index (Phi) is 12.3. The van der Waals surface area contributed by atoms with E-state index < -0.39 is 54.5 Å². The standard InChI is InChI=1S/C26H31F4NO7/c1-3-26(29,30)17-35-13-11-31(25(34)38-22-10-7-19(27)16-21(22)28)12-14-37-20-8-5-18(6-9-20)15-23(24(32)33)36-4-2/h5-10,16,23H,3-4,11-15,17H2,1-2H3,(H,32,33). The minimum absolute atomic E-state index is 0.0395. The van der Waals surface area contributed by atoms with E-state index >= 15 is 0 Å². The van der Waals surface area contributed by atoms with Crippen molar-refractivity contribution in [2.75, 3.05) is 39.5 Å². The number of carbonyl (C=O) groups excluding carboxylic acids is 1. The summed E-state index contributed by atoms with van der Waals surface area (Å²) < 4.78 is 74.7. The summed E-state index contributed by atoms with van der Waals surface area (Å²) in [4.78, 5) is 25.0. The number of hydrogen-bond donors (Lipinski definition) is 1. The second-order valence-electron chi connectivity index (χ2n) is 8.17. The summed E-state index contributed by atoms with van der Waals surface area (Å²) >= 11 is 0. The number of halogens is 4. The third-order valence-electron chi connectivity index (χ3n) is 5.30. The maximum absolute atomic E-state index is 13.9. The van der Waals surface area contributed by atoms with Crippen molar-refractivity contribution in [1.29, 1.82) is 0 Å². The summed E-state index contributed by atoms with van der Waals surface area (Å²) in [5, 5.41) is 9.21. The number of carboxylic acids is 1. The third kappa shape index (κ3) is 10.5. The van der Waals surface area contributed by atoms with E-state index in [1.807, 2.05) is 0 Å². The molecule has 0 spiro atoms. The Labute approximate surface area is 218 Å². The maximum Gasteiger partial charge on any atom is 0.415 e. The van der Waals surface area contributed by atoms with E-state index in [0.717, 1.165) is 17.0 Å². The molecule has 2 aromatic rings. The van der Waals surface area contributed by atoms with Gasteiger partial charge in [0.15, 0.2) is 17.7 Å². The molecule has 12 heteroatoms. The van der Waals surface area contributed by atoms with Gasteiger partial charge in [-0.1, -0.05) is 19.1 Å². The fourth-order valence-corrected chi connectivity index (χ4v) is 3.14. The zero-order chi connectivity index (χ0) is 28.1. The first-order valence-electron chi connectivity index (χ1n) is 12.0. The second-order valence-corrected chi connectivity index (χ2v) is 8.17. The van der Waals surface area contributed by atoms with E-state index in [-0.39, 0.29) is 39.3 Å². The minimum atomic E-state index is -3.01. The molecular weight excluding hydrogens is 514 g/mol. The van der Waals surface area contributed by atoms with Crippen LogP contribution in [0.3, 0.4) is 0 Å². The fraction of sp³-hybridized carbons (Fsp3) is 0.462. The Morgan fingerprint density at radius 3 is 2.32 bits per heavy atom. The molecule has 0 radical (unpaired) electrons. The lowest BCUT2D eigenvalue weighted by molar-refractivity contribution is -0.149. The predicted molar refractivity (Wildman–Crippen MR) is 129 cm³/mol. The lowest BCUT2D eigenvalue weighted by Crippen LogP contribution is -2.39. The van der Waals surface area contributed by atoms with Crippen LogP contribution >= 0.6 is 0 Å². The van der Waals surface area contributed by atoms with Crippen LogP contribution in [0.5, 0.6) is 11.5 Å². The van der Waals surface area contributed by atoms with Crippen LogP contribution in [0.4, 0.5) is 22.4 Å². The molecule has 1 atom stereocenters. The average Bonchev–Trinajstić information content (AvgIpc) is 2.87. The van der Waals surface area contributed by atoms with Crippen molar-refractivity contribution in [3.05, 3.63) is 59.7 Å². The molecule has 0 saturated heterocycles. The highest BCUT2D eigenvalue weighted by Crippen LogP contribution is 2.20. The number of aliphatic carboxylic acids is 1. The topological polar surface area (TPSA) is 94.5 Å². The summed E-state index contributed by atoms with van der Waals surface area (Å²) in [6.07, 6.45) is -2.22. The molecule has 2 rings (SSSR count). The van der Waals surface area contributed by atoms with E-state index in [1.54, 1.807) is 31.2 Å². The van der Waals surface area contributed by atoms with Gasteiger partial charge < -0.3 is 29.0 Å². The first-order chi connectivity index (χ1) is 18.0. The van der Waals surface area contributed by atoms with Crippen LogP contribution in [-0.4, -0.2) is 73.6 Å². The van der Waals surface area contributed by atoms with Gasteiger partial charge in [0.1, 0.15) is 24.8 Å². The molecule has 0 fully saturated rings. The summed E-state index contributed by atoms with van der Waals surface area (Å²) in [6.45, 7) is 1.95. The predicted octanol–water partition coefficient (Wildman–Crippen LogP) is 4.94. The smallest absolute Gasteiger partial charge is 0.415 e. The van der Waals surface area contributed by atoms with Crippen LogP contribution in [0.15, 0.2) is 42.5 Å². The van der Waals surface area contributed by atoms with Crippen molar-refractivity contribution in [2.24, 2.45) is 0 Å². The molecule has 38 heavy (non-hydrogen) atoms. The third-order valence-corrected chi connectivity index (χ3v) is 5.30. The molecule has 0 saturated carbocycles. The molecule has 1 unspecified atom stereocenters. The first kappa shape index (κ1) is 30.8. The van der Waals surface area contributed by atoms with Crippen LogP contribution in [0.1, 0.15) is 25.8 Å².